The number of rotatable bonds is 3. The first-order valence-corrected chi connectivity index (χ1v) is 7.38. The highest BCUT2D eigenvalue weighted by Crippen LogP contribution is 2.35. The van der Waals surface area contributed by atoms with Crippen molar-refractivity contribution in [2.24, 2.45) is 5.41 Å². The molecule has 2 unspecified atom stereocenters. The fourth-order valence-electron chi connectivity index (χ4n) is 3.41. The second-order valence-corrected chi connectivity index (χ2v) is 6.83. The van der Waals surface area contributed by atoms with E-state index < -0.39 is 0 Å². The summed E-state index contributed by atoms with van der Waals surface area (Å²) in [5.41, 5.74) is 0.583. The monoisotopic (exact) mass is 239 g/mol. The van der Waals surface area contributed by atoms with E-state index in [9.17, 15) is 0 Å². The third kappa shape index (κ3) is 3.96. The topological polar surface area (TPSA) is 21.3 Å². The minimum atomic E-state index is 0.501. The summed E-state index contributed by atoms with van der Waals surface area (Å²) in [4.78, 5) is 0. The van der Waals surface area contributed by atoms with Gasteiger partial charge in [0.05, 0.1) is 6.10 Å². The molecule has 2 aliphatic carbocycles. The minimum absolute atomic E-state index is 0.501. The third-order valence-electron chi connectivity index (χ3n) is 4.77. The van der Waals surface area contributed by atoms with E-state index in [2.05, 4.69) is 19.2 Å². The van der Waals surface area contributed by atoms with E-state index in [0.717, 1.165) is 6.04 Å². The molecule has 2 saturated carbocycles. The molecule has 100 valence electrons. The highest BCUT2D eigenvalue weighted by Gasteiger charge is 2.29. The molecule has 1 N–H and O–H groups in total. The summed E-state index contributed by atoms with van der Waals surface area (Å²) < 4.78 is 5.50. The van der Waals surface area contributed by atoms with Crippen molar-refractivity contribution in [3.8, 4) is 0 Å². The van der Waals surface area contributed by atoms with E-state index in [4.69, 9.17) is 4.74 Å². The van der Waals surface area contributed by atoms with Crippen molar-refractivity contribution in [2.45, 2.75) is 83.4 Å². The molecule has 0 radical (unpaired) electrons. The smallest absolute Gasteiger partial charge is 0.0586 e. The maximum absolute atomic E-state index is 5.50. The Morgan fingerprint density at radius 2 is 1.71 bits per heavy atom. The Hall–Kier alpha value is -0.0800. The maximum atomic E-state index is 5.50. The number of hydrogen-bond acceptors (Lipinski definition) is 2. The molecule has 0 aliphatic heterocycles. The van der Waals surface area contributed by atoms with Crippen LogP contribution in [0.2, 0.25) is 0 Å². The van der Waals surface area contributed by atoms with Crippen molar-refractivity contribution in [3.63, 3.8) is 0 Å². The summed E-state index contributed by atoms with van der Waals surface area (Å²) in [5, 5.41) is 3.88. The van der Waals surface area contributed by atoms with Crippen LogP contribution in [0.5, 0.6) is 0 Å². The van der Waals surface area contributed by atoms with Crippen LogP contribution >= 0.6 is 0 Å². The molecule has 2 rings (SSSR count). The van der Waals surface area contributed by atoms with Gasteiger partial charge >= 0.3 is 0 Å². The van der Waals surface area contributed by atoms with Crippen molar-refractivity contribution < 1.29 is 4.74 Å². The van der Waals surface area contributed by atoms with E-state index in [1.165, 1.54) is 51.4 Å². The molecule has 0 bridgehead atoms. The molecule has 2 aliphatic rings. The van der Waals surface area contributed by atoms with Crippen LogP contribution in [0.25, 0.3) is 0 Å². The van der Waals surface area contributed by atoms with Gasteiger partial charge in [-0.3, -0.25) is 0 Å². The molecule has 0 aromatic heterocycles. The minimum Gasteiger partial charge on any atom is -0.381 e. The van der Waals surface area contributed by atoms with Gasteiger partial charge in [-0.15, -0.1) is 0 Å². The van der Waals surface area contributed by atoms with Crippen LogP contribution in [0, 0.1) is 5.41 Å². The average molecular weight is 239 g/mol. The Bertz CT molecular complexity index is 229. The third-order valence-corrected chi connectivity index (χ3v) is 4.77. The largest absolute Gasteiger partial charge is 0.381 e. The zero-order valence-corrected chi connectivity index (χ0v) is 11.8. The summed E-state index contributed by atoms with van der Waals surface area (Å²) >= 11 is 0. The zero-order valence-electron chi connectivity index (χ0n) is 11.8. The summed E-state index contributed by atoms with van der Waals surface area (Å²) in [6.45, 7) is 4.82. The zero-order chi connectivity index (χ0) is 12.3. The van der Waals surface area contributed by atoms with Crippen molar-refractivity contribution in [1.29, 1.82) is 0 Å². The number of ether oxygens (including phenoxy) is 1. The lowest BCUT2D eigenvalue weighted by molar-refractivity contribution is 0.0543. The first kappa shape index (κ1) is 13.4. The van der Waals surface area contributed by atoms with Crippen LogP contribution in [0.15, 0.2) is 0 Å². The van der Waals surface area contributed by atoms with E-state index in [1.54, 1.807) is 0 Å². The van der Waals surface area contributed by atoms with Crippen molar-refractivity contribution in [2.75, 3.05) is 7.11 Å². The maximum Gasteiger partial charge on any atom is 0.0586 e. The van der Waals surface area contributed by atoms with Gasteiger partial charge in [-0.2, -0.15) is 0 Å². The second-order valence-electron chi connectivity index (χ2n) is 6.83. The first-order valence-electron chi connectivity index (χ1n) is 7.38. The molecule has 0 amide bonds. The van der Waals surface area contributed by atoms with Crippen LogP contribution in [-0.4, -0.2) is 25.3 Å². The SMILES string of the molecule is COC1CCCC(NC2CCC(C)(C)CC2)C1. The molecule has 0 saturated heterocycles. The molecule has 0 heterocycles. The van der Waals surface area contributed by atoms with Crippen LogP contribution in [-0.2, 0) is 4.74 Å². The highest BCUT2D eigenvalue weighted by molar-refractivity contribution is 4.86. The second kappa shape index (κ2) is 5.71. The predicted octanol–water partition coefficient (Wildman–Crippen LogP) is 3.50. The molecule has 2 atom stereocenters. The van der Waals surface area contributed by atoms with Crippen molar-refractivity contribution in [1.82, 2.24) is 5.32 Å². The van der Waals surface area contributed by atoms with E-state index in [0.29, 0.717) is 17.6 Å². The molecule has 0 aromatic rings. The van der Waals surface area contributed by atoms with Gasteiger partial charge < -0.3 is 10.1 Å². The van der Waals surface area contributed by atoms with Gasteiger partial charge in [-0.1, -0.05) is 13.8 Å². The van der Waals surface area contributed by atoms with Crippen molar-refractivity contribution in [3.05, 3.63) is 0 Å². The predicted molar refractivity (Wildman–Crippen MR) is 72.2 cm³/mol. The first-order chi connectivity index (χ1) is 8.09. The fraction of sp³-hybridized carbons (Fsp3) is 1.00. The highest BCUT2D eigenvalue weighted by atomic mass is 16.5. The number of nitrogens with one attached hydrogen (secondary N) is 1. The molecule has 0 aromatic carbocycles. The summed E-state index contributed by atoms with van der Waals surface area (Å²) in [5.74, 6) is 0. The lowest BCUT2D eigenvalue weighted by Gasteiger charge is -2.38. The van der Waals surface area contributed by atoms with Gasteiger partial charge in [-0.05, 0) is 56.8 Å². The Kier molecular flexibility index (Phi) is 4.48. The quantitative estimate of drug-likeness (QED) is 0.814. The molecule has 2 heteroatoms. The van der Waals surface area contributed by atoms with Gasteiger partial charge in [0.15, 0.2) is 0 Å². The average Bonchev–Trinajstić information content (AvgIpc) is 2.32. The molecule has 17 heavy (non-hydrogen) atoms. The summed E-state index contributed by atoms with van der Waals surface area (Å²) in [6.07, 6.45) is 11.1. The van der Waals surface area contributed by atoms with Crippen molar-refractivity contribution >= 4 is 0 Å². The lowest BCUT2D eigenvalue weighted by Crippen LogP contribution is -2.44. The molecule has 2 fully saturated rings. The van der Waals surface area contributed by atoms with Gasteiger partial charge in [0.25, 0.3) is 0 Å². The van der Waals surface area contributed by atoms with E-state index in [1.807, 2.05) is 7.11 Å². The van der Waals surface area contributed by atoms with Crippen LogP contribution < -0.4 is 5.32 Å². The molecule has 2 nitrogen and oxygen atoms in total. The van der Waals surface area contributed by atoms with Gasteiger partial charge in [-0.25, -0.2) is 0 Å². The summed E-state index contributed by atoms with van der Waals surface area (Å²) in [7, 11) is 1.86. The summed E-state index contributed by atoms with van der Waals surface area (Å²) in [6, 6.07) is 1.48. The lowest BCUT2D eigenvalue weighted by atomic mass is 9.75. The van der Waals surface area contributed by atoms with E-state index >= 15 is 0 Å². The van der Waals surface area contributed by atoms with Gasteiger partial charge in [0, 0.05) is 19.2 Å². The Labute approximate surface area is 107 Å². The van der Waals surface area contributed by atoms with Crippen LogP contribution in [0.4, 0.5) is 0 Å². The van der Waals surface area contributed by atoms with Crippen LogP contribution in [0.1, 0.15) is 65.2 Å². The Balaban J connectivity index is 1.74. The molecular formula is C15H29NO. The number of hydrogen-bond donors (Lipinski definition) is 1. The van der Waals surface area contributed by atoms with Gasteiger partial charge in [0.1, 0.15) is 0 Å². The molecular weight excluding hydrogens is 210 g/mol. The van der Waals surface area contributed by atoms with Gasteiger partial charge in [0.2, 0.25) is 0 Å². The van der Waals surface area contributed by atoms with E-state index in [-0.39, 0.29) is 0 Å². The normalized spacial score (nSPS) is 34.8. The van der Waals surface area contributed by atoms with Crippen LogP contribution in [0.3, 0.4) is 0 Å². The number of methoxy groups -OCH3 is 1. The molecule has 0 spiro atoms. The standard InChI is InChI=1S/C15H29NO/c1-15(2)9-7-12(8-10-15)16-13-5-4-6-14(11-13)17-3/h12-14,16H,4-11H2,1-3H3. The Morgan fingerprint density at radius 1 is 1.00 bits per heavy atom. The Morgan fingerprint density at radius 3 is 2.35 bits per heavy atom. The fourth-order valence-corrected chi connectivity index (χ4v) is 3.41.